The number of rotatable bonds is 7. The van der Waals surface area contributed by atoms with Crippen LogP contribution in [0, 0.1) is 6.92 Å². The number of aromatic nitrogens is 3. The molecule has 0 saturated heterocycles. The van der Waals surface area contributed by atoms with Crippen molar-refractivity contribution in [3.63, 3.8) is 0 Å². The molecule has 0 spiro atoms. The van der Waals surface area contributed by atoms with Crippen LogP contribution in [0.3, 0.4) is 0 Å². The summed E-state index contributed by atoms with van der Waals surface area (Å²) in [5, 5.41) is 11.3. The van der Waals surface area contributed by atoms with E-state index in [0.717, 1.165) is 22.4 Å². The number of fused-ring (bicyclic) bond motifs is 1. The molecule has 1 aromatic heterocycles. The van der Waals surface area contributed by atoms with E-state index < -0.39 is 6.04 Å². The monoisotopic (exact) mass is 515 g/mol. The van der Waals surface area contributed by atoms with Crippen LogP contribution in [0.1, 0.15) is 29.7 Å². The van der Waals surface area contributed by atoms with E-state index in [1.165, 1.54) is 6.33 Å². The van der Waals surface area contributed by atoms with Crippen molar-refractivity contribution in [2.75, 3.05) is 17.7 Å². The third-order valence-electron chi connectivity index (χ3n) is 6.28. The predicted octanol–water partition coefficient (Wildman–Crippen LogP) is 5.76. The Morgan fingerprint density at radius 1 is 1.08 bits per heavy atom. The molecule has 0 saturated carbocycles. The maximum atomic E-state index is 13.6. The number of hydrogen-bond acceptors (Lipinski definition) is 6. The van der Waals surface area contributed by atoms with Crippen molar-refractivity contribution < 1.29 is 14.3 Å². The highest BCUT2D eigenvalue weighted by molar-refractivity contribution is 6.31. The van der Waals surface area contributed by atoms with Crippen LogP contribution in [0.25, 0.3) is 0 Å². The van der Waals surface area contributed by atoms with Gasteiger partial charge in [0.1, 0.15) is 19.0 Å². The number of aryl methyl sites for hydroxylation is 1. The summed E-state index contributed by atoms with van der Waals surface area (Å²) in [6, 6.07) is 20.2. The normalized spacial score (nSPS) is 14.5. The van der Waals surface area contributed by atoms with Crippen molar-refractivity contribution in [2.45, 2.75) is 26.5 Å². The second kappa shape index (κ2) is 10.4. The molecule has 0 radical (unpaired) electrons. The van der Waals surface area contributed by atoms with Crippen LogP contribution in [0.15, 0.2) is 84.3 Å². The van der Waals surface area contributed by atoms with Crippen molar-refractivity contribution in [2.24, 2.45) is 0 Å². The molecular weight excluding hydrogens is 490 g/mol. The van der Waals surface area contributed by atoms with Crippen molar-refractivity contribution in [3.05, 3.63) is 106 Å². The molecule has 0 fully saturated rings. The summed E-state index contributed by atoms with van der Waals surface area (Å²) in [4.78, 5) is 17.9. The van der Waals surface area contributed by atoms with Gasteiger partial charge in [-0.2, -0.15) is 10.1 Å². The quantitative estimate of drug-likeness (QED) is 0.325. The van der Waals surface area contributed by atoms with Gasteiger partial charge in [-0.1, -0.05) is 54.1 Å². The molecule has 0 unspecified atom stereocenters. The van der Waals surface area contributed by atoms with E-state index in [0.29, 0.717) is 40.3 Å². The Balaban J connectivity index is 1.49. The number of ether oxygens (including phenoxy) is 2. The number of anilines is 2. The van der Waals surface area contributed by atoms with Gasteiger partial charge in [0.15, 0.2) is 11.5 Å². The molecule has 5 rings (SSSR count). The van der Waals surface area contributed by atoms with Gasteiger partial charge in [-0.25, -0.2) is 4.68 Å². The van der Waals surface area contributed by atoms with E-state index in [2.05, 4.69) is 20.7 Å². The lowest BCUT2D eigenvalue weighted by atomic mass is 9.94. The zero-order valence-electron chi connectivity index (χ0n) is 20.7. The Morgan fingerprint density at radius 3 is 2.65 bits per heavy atom. The molecule has 188 valence electrons. The lowest BCUT2D eigenvalue weighted by Gasteiger charge is -2.29. The number of methoxy groups -OCH3 is 1. The van der Waals surface area contributed by atoms with Crippen molar-refractivity contribution >= 4 is 29.1 Å². The van der Waals surface area contributed by atoms with Crippen LogP contribution in [-0.4, -0.2) is 27.8 Å². The molecule has 37 heavy (non-hydrogen) atoms. The molecule has 2 N–H and O–H groups in total. The van der Waals surface area contributed by atoms with E-state index >= 15 is 0 Å². The van der Waals surface area contributed by atoms with E-state index in [1.807, 2.05) is 80.6 Å². The topological polar surface area (TPSA) is 90.3 Å². The van der Waals surface area contributed by atoms with Gasteiger partial charge < -0.3 is 20.1 Å². The standard InChI is InChI=1S/C28H26ClN5O3/c1-17-8-4-7-11-22(17)33-27(35)25-18(2)32-28-30-16-31-34(28)26(25)19-12-13-23(24(14-19)36-3)37-15-20-9-5-6-10-21(20)29/h4-14,16,26H,15H2,1-3H3,(H,33,35)(H,30,31,32)/t26-/m1/s1. The number of nitrogens with zero attached hydrogens (tertiary/aromatic N) is 3. The number of allylic oxidation sites excluding steroid dienone is 1. The maximum Gasteiger partial charge on any atom is 0.255 e. The largest absolute Gasteiger partial charge is 0.493 e. The zero-order chi connectivity index (χ0) is 25.9. The smallest absolute Gasteiger partial charge is 0.255 e. The van der Waals surface area contributed by atoms with E-state index in [4.69, 9.17) is 21.1 Å². The summed E-state index contributed by atoms with van der Waals surface area (Å²) in [5.41, 5.74) is 4.59. The first-order valence-electron chi connectivity index (χ1n) is 11.7. The Bertz CT molecular complexity index is 1500. The first kappa shape index (κ1) is 24.4. The van der Waals surface area contributed by atoms with Crippen LogP contribution in [0.4, 0.5) is 11.6 Å². The molecule has 1 amide bonds. The minimum absolute atomic E-state index is 0.233. The highest BCUT2D eigenvalue weighted by Crippen LogP contribution is 2.39. The van der Waals surface area contributed by atoms with Gasteiger partial charge in [-0.3, -0.25) is 4.79 Å². The number of para-hydroxylation sites is 1. The molecule has 3 aromatic carbocycles. The zero-order valence-corrected chi connectivity index (χ0v) is 21.4. The van der Waals surface area contributed by atoms with Gasteiger partial charge in [0.25, 0.3) is 5.91 Å². The van der Waals surface area contributed by atoms with Crippen molar-refractivity contribution in [3.8, 4) is 11.5 Å². The summed E-state index contributed by atoms with van der Waals surface area (Å²) < 4.78 is 13.4. The Kier molecular flexibility index (Phi) is 6.83. The Labute approximate surface area is 219 Å². The number of nitrogens with one attached hydrogen (secondary N) is 2. The second-order valence-electron chi connectivity index (χ2n) is 8.65. The summed E-state index contributed by atoms with van der Waals surface area (Å²) >= 11 is 6.28. The second-order valence-corrected chi connectivity index (χ2v) is 9.06. The Morgan fingerprint density at radius 2 is 1.86 bits per heavy atom. The fourth-order valence-electron chi connectivity index (χ4n) is 4.34. The van der Waals surface area contributed by atoms with Gasteiger partial charge in [-0.15, -0.1) is 0 Å². The van der Waals surface area contributed by atoms with Crippen LogP contribution < -0.4 is 20.1 Å². The van der Waals surface area contributed by atoms with Gasteiger partial charge in [0.05, 0.1) is 12.7 Å². The molecule has 0 aliphatic carbocycles. The summed E-state index contributed by atoms with van der Waals surface area (Å²) in [5.74, 6) is 1.41. The third kappa shape index (κ3) is 4.88. The van der Waals surface area contributed by atoms with E-state index in [9.17, 15) is 4.79 Å². The van der Waals surface area contributed by atoms with Crippen LogP contribution in [0.2, 0.25) is 5.02 Å². The van der Waals surface area contributed by atoms with Crippen LogP contribution in [0.5, 0.6) is 11.5 Å². The minimum atomic E-state index is -0.533. The number of carbonyl (C=O) groups excluding carboxylic acids is 1. The molecule has 4 aromatic rings. The summed E-state index contributed by atoms with van der Waals surface area (Å²) in [6.45, 7) is 4.10. The summed E-state index contributed by atoms with van der Waals surface area (Å²) in [6.07, 6.45) is 1.46. The highest BCUT2D eigenvalue weighted by atomic mass is 35.5. The first-order chi connectivity index (χ1) is 18.0. The fraction of sp³-hybridized carbons (Fsp3) is 0.179. The first-order valence-corrected chi connectivity index (χ1v) is 12.1. The predicted molar refractivity (Wildman–Crippen MR) is 143 cm³/mol. The molecule has 9 heteroatoms. The fourth-order valence-corrected chi connectivity index (χ4v) is 4.53. The molecule has 0 bridgehead atoms. The lowest BCUT2D eigenvalue weighted by Crippen LogP contribution is -2.31. The third-order valence-corrected chi connectivity index (χ3v) is 6.65. The SMILES string of the molecule is COc1cc([C@@H]2C(C(=O)Nc3ccccc3C)=C(C)Nc3ncnn32)ccc1OCc1ccccc1Cl. The van der Waals surface area contributed by atoms with Crippen LogP contribution >= 0.6 is 11.6 Å². The molecule has 8 nitrogen and oxygen atoms in total. The Hall–Kier alpha value is -4.30. The maximum absolute atomic E-state index is 13.6. The summed E-state index contributed by atoms with van der Waals surface area (Å²) in [7, 11) is 1.58. The average molecular weight is 516 g/mol. The molecule has 2 heterocycles. The van der Waals surface area contributed by atoms with E-state index in [1.54, 1.807) is 11.8 Å². The molecule has 1 aliphatic rings. The number of amides is 1. The van der Waals surface area contributed by atoms with Gasteiger partial charge in [-0.05, 0) is 49.2 Å². The van der Waals surface area contributed by atoms with Crippen molar-refractivity contribution in [1.29, 1.82) is 0 Å². The number of hydrogen-bond donors (Lipinski definition) is 2. The molecular formula is C28H26ClN5O3. The van der Waals surface area contributed by atoms with Gasteiger partial charge in [0.2, 0.25) is 5.95 Å². The number of halogens is 1. The average Bonchev–Trinajstić information content (AvgIpc) is 3.36. The molecule has 1 aliphatic heterocycles. The number of carbonyl (C=O) groups is 1. The number of benzene rings is 3. The highest BCUT2D eigenvalue weighted by Gasteiger charge is 2.34. The van der Waals surface area contributed by atoms with Crippen molar-refractivity contribution in [1.82, 2.24) is 14.8 Å². The van der Waals surface area contributed by atoms with E-state index in [-0.39, 0.29) is 5.91 Å². The lowest BCUT2D eigenvalue weighted by molar-refractivity contribution is -0.113. The minimum Gasteiger partial charge on any atom is -0.493 e. The van der Waals surface area contributed by atoms with Crippen LogP contribution in [-0.2, 0) is 11.4 Å². The van der Waals surface area contributed by atoms with Gasteiger partial charge in [0, 0.05) is 22.0 Å². The van der Waals surface area contributed by atoms with Gasteiger partial charge >= 0.3 is 0 Å². The molecule has 1 atom stereocenters.